The van der Waals surface area contributed by atoms with E-state index in [1.807, 2.05) is 13.0 Å². The minimum atomic E-state index is 0.248. The summed E-state index contributed by atoms with van der Waals surface area (Å²) in [6.45, 7) is 5.03. The topological polar surface area (TPSA) is 34.1 Å². The third kappa shape index (κ3) is 3.79. The highest BCUT2D eigenvalue weighted by Gasteiger charge is 2.12. The number of aryl methyl sites for hydroxylation is 1. The van der Waals surface area contributed by atoms with Crippen molar-refractivity contribution in [3.8, 4) is 17.0 Å². The van der Waals surface area contributed by atoms with Gasteiger partial charge in [-0.15, -0.1) is 11.3 Å². The zero-order chi connectivity index (χ0) is 19.5. The van der Waals surface area contributed by atoms with Crippen molar-refractivity contribution >= 4 is 22.1 Å². The van der Waals surface area contributed by atoms with E-state index in [9.17, 15) is 0 Å². The van der Waals surface area contributed by atoms with Crippen LogP contribution < -0.4 is 10.1 Å². The fraction of sp³-hybridized carbons (Fsp3) is 0.208. The summed E-state index contributed by atoms with van der Waals surface area (Å²) < 4.78 is 5.55. The maximum atomic E-state index is 5.55. The van der Waals surface area contributed by atoms with Gasteiger partial charge in [0, 0.05) is 23.5 Å². The Morgan fingerprint density at radius 3 is 2.68 bits per heavy atom. The number of hydrogen-bond acceptors (Lipinski definition) is 4. The Morgan fingerprint density at radius 1 is 1.07 bits per heavy atom. The molecule has 1 aromatic heterocycles. The number of nitrogens with one attached hydrogen (secondary N) is 1. The number of thiazole rings is 1. The van der Waals surface area contributed by atoms with Crippen molar-refractivity contribution in [3.63, 3.8) is 0 Å². The number of aromatic nitrogens is 1. The van der Waals surface area contributed by atoms with Gasteiger partial charge in [-0.25, -0.2) is 4.98 Å². The number of rotatable bonds is 6. The van der Waals surface area contributed by atoms with Crippen LogP contribution in [0.25, 0.3) is 22.0 Å². The van der Waals surface area contributed by atoms with Crippen LogP contribution in [0.5, 0.6) is 5.75 Å². The van der Waals surface area contributed by atoms with Crippen LogP contribution in [0.15, 0.2) is 66.0 Å². The normalized spacial score (nSPS) is 12.2. The second-order valence-electron chi connectivity index (χ2n) is 6.96. The molecule has 1 N–H and O–H groups in total. The largest absolute Gasteiger partial charge is 0.496 e. The minimum absolute atomic E-state index is 0.248. The summed E-state index contributed by atoms with van der Waals surface area (Å²) in [6, 6.07) is 21.6. The molecule has 4 heteroatoms. The van der Waals surface area contributed by atoms with Crippen LogP contribution in [-0.4, -0.2) is 12.1 Å². The van der Waals surface area contributed by atoms with Crippen molar-refractivity contribution in [2.75, 3.05) is 7.11 Å². The summed E-state index contributed by atoms with van der Waals surface area (Å²) in [7, 11) is 1.71. The van der Waals surface area contributed by atoms with E-state index < -0.39 is 0 Å². The molecule has 0 fully saturated rings. The maximum absolute atomic E-state index is 5.55. The summed E-state index contributed by atoms with van der Waals surface area (Å²) in [5.41, 5.74) is 4.56. The number of benzene rings is 3. The fourth-order valence-electron chi connectivity index (χ4n) is 3.56. The van der Waals surface area contributed by atoms with Gasteiger partial charge in [-0.3, -0.25) is 0 Å². The number of nitrogens with zero attached hydrogens (tertiary/aromatic N) is 1. The predicted octanol–water partition coefficient (Wildman–Crippen LogP) is 6.13. The Morgan fingerprint density at radius 2 is 1.89 bits per heavy atom. The molecule has 3 aromatic carbocycles. The SMILES string of the molecule is COc1ccc(CN[C@H](C)c2cccc3ccccc23)cc1-c1csc(C)n1. The number of methoxy groups -OCH3 is 1. The predicted molar refractivity (Wildman–Crippen MR) is 118 cm³/mol. The number of ether oxygens (including phenoxy) is 1. The summed E-state index contributed by atoms with van der Waals surface area (Å²) >= 11 is 1.66. The molecule has 1 atom stereocenters. The van der Waals surface area contributed by atoms with Crippen molar-refractivity contribution in [2.24, 2.45) is 0 Å². The highest BCUT2D eigenvalue weighted by atomic mass is 32.1. The van der Waals surface area contributed by atoms with E-state index in [0.29, 0.717) is 0 Å². The average Bonchev–Trinajstić information content (AvgIpc) is 3.17. The first-order chi connectivity index (χ1) is 13.7. The van der Waals surface area contributed by atoms with Gasteiger partial charge < -0.3 is 10.1 Å². The first-order valence-corrected chi connectivity index (χ1v) is 10.3. The van der Waals surface area contributed by atoms with E-state index in [0.717, 1.165) is 28.6 Å². The highest BCUT2D eigenvalue weighted by molar-refractivity contribution is 7.09. The molecule has 3 nitrogen and oxygen atoms in total. The average molecular weight is 389 g/mol. The van der Waals surface area contributed by atoms with E-state index >= 15 is 0 Å². The minimum Gasteiger partial charge on any atom is -0.496 e. The summed E-state index contributed by atoms with van der Waals surface area (Å²) in [4.78, 5) is 4.63. The third-order valence-corrected chi connectivity index (χ3v) is 5.83. The van der Waals surface area contributed by atoms with E-state index in [1.165, 1.54) is 21.9 Å². The molecule has 0 spiro atoms. The Bertz CT molecular complexity index is 1100. The van der Waals surface area contributed by atoms with Crippen LogP contribution >= 0.6 is 11.3 Å². The lowest BCUT2D eigenvalue weighted by atomic mass is 9.99. The lowest BCUT2D eigenvalue weighted by Crippen LogP contribution is -2.18. The zero-order valence-corrected chi connectivity index (χ0v) is 17.2. The molecular formula is C24H24N2OS. The van der Waals surface area contributed by atoms with Crippen LogP contribution in [0.2, 0.25) is 0 Å². The van der Waals surface area contributed by atoms with Crippen molar-refractivity contribution in [2.45, 2.75) is 26.4 Å². The smallest absolute Gasteiger partial charge is 0.128 e. The van der Waals surface area contributed by atoms with E-state index in [-0.39, 0.29) is 6.04 Å². The van der Waals surface area contributed by atoms with E-state index in [4.69, 9.17) is 4.74 Å². The first-order valence-electron chi connectivity index (χ1n) is 9.46. The molecule has 0 saturated carbocycles. The van der Waals surface area contributed by atoms with Gasteiger partial charge in [-0.1, -0.05) is 48.5 Å². The van der Waals surface area contributed by atoms with Crippen molar-refractivity contribution in [1.82, 2.24) is 10.3 Å². The van der Waals surface area contributed by atoms with Gasteiger partial charge in [0.05, 0.1) is 17.8 Å². The Hall–Kier alpha value is -2.69. The molecule has 142 valence electrons. The maximum Gasteiger partial charge on any atom is 0.128 e. The summed E-state index contributed by atoms with van der Waals surface area (Å²) in [5, 5.41) is 9.40. The molecule has 0 amide bonds. The zero-order valence-electron chi connectivity index (χ0n) is 16.4. The monoisotopic (exact) mass is 388 g/mol. The van der Waals surface area contributed by atoms with Gasteiger partial charge in [0.15, 0.2) is 0 Å². The van der Waals surface area contributed by atoms with Gasteiger partial charge in [0.1, 0.15) is 5.75 Å². The Kier molecular flexibility index (Phi) is 5.42. The van der Waals surface area contributed by atoms with Crippen LogP contribution in [0, 0.1) is 6.92 Å². The van der Waals surface area contributed by atoms with E-state index in [1.54, 1.807) is 18.4 Å². The Balaban J connectivity index is 1.56. The molecule has 1 heterocycles. The molecule has 0 aliphatic carbocycles. The van der Waals surface area contributed by atoms with Gasteiger partial charge in [-0.05, 0) is 47.9 Å². The highest BCUT2D eigenvalue weighted by Crippen LogP contribution is 2.32. The molecule has 28 heavy (non-hydrogen) atoms. The third-order valence-electron chi connectivity index (χ3n) is 5.06. The lowest BCUT2D eigenvalue weighted by Gasteiger charge is -2.17. The number of fused-ring (bicyclic) bond motifs is 1. The van der Waals surface area contributed by atoms with Crippen molar-refractivity contribution in [3.05, 3.63) is 82.2 Å². The molecule has 0 unspecified atom stereocenters. The fourth-order valence-corrected chi connectivity index (χ4v) is 4.17. The summed E-state index contributed by atoms with van der Waals surface area (Å²) in [5.74, 6) is 0.858. The molecule has 4 aromatic rings. The number of hydrogen-bond donors (Lipinski definition) is 1. The van der Waals surface area contributed by atoms with Crippen molar-refractivity contribution in [1.29, 1.82) is 0 Å². The van der Waals surface area contributed by atoms with Gasteiger partial charge >= 0.3 is 0 Å². The van der Waals surface area contributed by atoms with Gasteiger partial charge in [0.2, 0.25) is 0 Å². The Labute approximate surface area is 170 Å². The van der Waals surface area contributed by atoms with Crippen LogP contribution in [0.1, 0.15) is 29.1 Å². The molecule has 0 saturated heterocycles. The molecule has 0 bridgehead atoms. The second kappa shape index (κ2) is 8.13. The summed E-state index contributed by atoms with van der Waals surface area (Å²) in [6.07, 6.45) is 0. The first kappa shape index (κ1) is 18.7. The molecule has 0 radical (unpaired) electrons. The molecular weight excluding hydrogens is 364 g/mol. The molecule has 0 aliphatic rings. The van der Waals surface area contributed by atoms with Gasteiger partial charge in [-0.2, -0.15) is 0 Å². The van der Waals surface area contributed by atoms with E-state index in [2.05, 4.69) is 77.2 Å². The quantitative estimate of drug-likeness (QED) is 0.431. The lowest BCUT2D eigenvalue weighted by molar-refractivity contribution is 0.416. The second-order valence-corrected chi connectivity index (χ2v) is 8.02. The van der Waals surface area contributed by atoms with Crippen LogP contribution in [0.4, 0.5) is 0 Å². The van der Waals surface area contributed by atoms with Crippen LogP contribution in [0.3, 0.4) is 0 Å². The molecule has 0 aliphatic heterocycles. The standard InChI is InChI=1S/C24H24N2OS/c1-16(20-10-6-8-19-7-4-5-9-21(19)20)25-14-18-11-12-24(27-3)22(13-18)23-15-28-17(2)26-23/h4-13,15-16,25H,14H2,1-3H3/t16-/m1/s1. The van der Waals surface area contributed by atoms with Gasteiger partial charge in [0.25, 0.3) is 0 Å². The van der Waals surface area contributed by atoms with Crippen molar-refractivity contribution < 1.29 is 4.74 Å². The molecule has 4 rings (SSSR count). The van der Waals surface area contributed by atoms with Crippen LogP contribution in [-0.2, 0) is 6.54 Å².